The van der Waals surface area contributed by atoms with Gasteiger partial charge in [-0.05, 0) is 55.5 Å². The van der Waals surface area contributed by atoms with Gasteiger partial charge < -0.3 is 15.0 Å². The van der Waals surface area contributed by atoms with E-state index in [0.29, 0.717) is 44.5 Å². The Morgan fingerprint density at radius 1 is 1.24 bits per heavy atom. The van der Waals surface area contributed by atoms with Crippen molar-refractivity contribution in [1.82, 2.24) is 24.8 Å². The first-order valence-electron chi connectivity index (χ1n) is 13.5. The zero-order chi connectivity index (χ0) is 29.1. The van der Waals surface area contributed by atoms with Gasteiger partial charge in [0.2, 0.25) is 5.91 Å². The fourth-order valence-corrected chi connectivity index (χ4v) is 5.67. The van der Waals surface area contributed by atoms with E-state index in [1.54, 1.807) is 24.4 Å². The van der Waals surface area contributed by atoms with Crippen LogP contribution in [0.3, 0.4) is 0 Å². The van der Waals surface area contributed by atoms with Crippen LogP contribution in [0.4, 0.5) is 15.0 Å². The van der Waals surface area contributed by atoms with Crippen LogP contribution in [0.25, 0.3) is 10.8 Å². The molecule has 0 spiro atoms. The smallest absolute Gasteiger partial charge is 0.410 e. The number of hydrogen-bond donors (Lipinski definition) is 3. The molecular formula is C30H32ClFN6O3. The zero-order valence-electron chi connectivity index (χ0n) is 23.0. The molecule has 0 fully saturated rings. The van der Waals surface area contributed by atoms with Gasteiger partial charge in [-0.25, -0.2) is 19.2 Å². The molecule has 0 aliphatic carbocycles. The van der Waals surface area contributed by atoms with E-state index in [1.807, 2.05) is 37.1 Å². The van der Waals surface area contributed by atoms with Crippen LogP contribution in [-0.2, 0) is 30.7 Å². The van der Waals surface area contributed by atoms with Crippen LogP contribution in [0, 0.1) is 12.7 Å². The zero-order valence-corrected chi connectivity index (χ0v) is 23.7. The molecule has 1 unspecified atom stereocenters. The lowest BCUT2D eigenvalue weighted by Gasteiger charge is -2.31. The molecule has 3 N–H and O–H groups in total. The van der Waals surface area contributed by atoms with Crippen molar-refractivity contribution in [3.8, 4) is 0 Å². The molecule has 0 radical (unpaired) electrons. The number of pyridine rings is 1. The minimum absolute atomic E-state index is 0.0696. The van der Waals surface area contributed by atoms with Crippen LogP contribution in [0.1, 0.15) is 41.2 Å². The predicted molar refractivity (Wildman–Crippen MR) is 155 cm³/mol. The van der Waals surface area contributed by atoms with Gasteiger partial charge in [0.15, 0.2) is 0 Å². The predicted octanol–water partition coefficient (Wildman–Crippen LogP) is 5.56. The molecule has 0 saturated heterocycles. The summed E-state index contributed by atoms with van der Waals surface area (Å²) in [6.45, 7) is 3.46. The third kappa shape index (κ3) is 6.66. The largest absolute Gasteiger partial charge is 0.465 e. The highest BCUT2D eigenvalue weighted by Gasteiger charge is 2.25. The number of aromatic nitrogens is 3. The van der Waals surface area contributed by atoms with E-state index >= 15 is 0 Å². The van der Waals surface area contributed by atoms with Gasteiger partial charge in [0.05, 0.1) is 23.0 Å². The fraction of sp³-hybridized carbons (Fsp3) is 0.333. The first-order chi connectivity index (χ1) is 19.7. The van der Waals surface area contributed by atoms with E-state index in [0.717, 1.165) is 40.0 Å². The maximum atomic E-state index is 14.2. The lowest BCUT2D eigenvalue weighted by Crippen LogP contribution is -2.38. The number of carbonyl (C=O) groups is 2. The number of anilines is 1. The second-order valence-electron chi connectivity index (χ2n) is 10.5. The molecule has 3 heterocycles. The molecule has 1 aliphatic heterocycles. The fourth-order valence-electron chi connectivity index (χ4n) is 5.49. The Morgan fingerprint density at radius 3 is 2.83 bits per heavy atom. The minimum Gasteiger partial charge on any atom is -0.465 e. The maximum Gasteiger partial charge on any atom is 0.410 e. The number of H-pyrrole nitrogens is 1. The third-order valence-electron chi connectivity index (χ3n) is 7.61. The number of rotatable bonds is 9. The van der Waals surface area contributed by atoms with E-state index in [9.17, 15) is 14.0 Å². The van der Waals surface area contributed by atoms with Crippen LogP contribution in [0.5, 0.6) is 0 Å². The number of nitrogens with zero attached hydrogens (tertiary/aromatic N) is 4. The maximum absolute atomic E-state index is 14.2. The van der Waals surface area contributed by atoms with Crippen LogP contribution >= 0.6 is 11.6 Å². The number of hydrogen-bond acceptors (Lipinski definition) is 5. The molecule has 2 amide bonds. The van der Waals surface area contributed by atoms with Gasteiger partial charge in [-0.2, -0.15) is 0 Å². The summed E-state index contributed by atoms with van der Waals surface area (Å²) in [5.41, 5.74) is 3.67. The Bertz CT molecular complexity index is 1590. The number of aromatic amines is 1. The molecule has 2 aromatic carbocycles. The number of carboxylic acid groups (broad SMARTS) is 1. The average molecular weight is 579 g/mol. The highest BCUT2D eigenvalue weighted by Crippen LogP contribution is 2.27. The summed E-state index contributed by atoms with van der Waals surface area (Å²) >= 11 is 6.28. The number of fused-ring (bicyclic) bond motifs is 2. The molecule has 2 aromatic heterocycles. The lowest BCUT2D eigenvalue weighted by atomic mass is 9.95. The molecule has 41 heavy (non-hydrogen) atoms. The van der Waals surface area contributed by atoms with Gasteiger partial charge in [-0.3, -0.25) is 15.0 Å². The molecule has 0 saturated carbocycles. The molecule has 11 heteroatoms. The van der Waals surface area contributed by atoms with E-state index in [-0.39, 0.29) is 22.8 Å². The molecule has 1 atom stereocenters. The summed E-state index contributed by atoms with van der Waals surface area (Å²) < 4.78 is 14.2. The Hall–Kier alpha value is -4.02. The second-order valence-corrected chi connectivity index (χ2v) is 10.9. The van der Waals surface area contributed by atoms with Gasteiger partial charge in [-0.15, -0.1) is 0 Å². The molecule has 1 aliphatic rings. The monoisotopic (exact) mass is 578 g/mol. The standard InChI is InChI=1S/C30H32ClFN6O3/c1-18-34-25-11-12-38(17-26(25)35-18)28(39)10-9-22(37(2)16-21-7-4-8-24(32)29(21)31)13-19-5-3-6-20-15-33-27(14-23(19)20)36-30(40)41/h3-8,14-15,22H,9-13,16-17H2,1-2H3,(H,33,36)(H,34,35)(H,40,41). The van der Waals surface area contributed by atoms with E-state index < -0.39 is 11.9 Å². The van der Waals surface area contributed by atoms with Gasteiger partial charge in [-0.1, -0.05) is 41.9 Å². The number of nitrogens with one attached hydrogen (secondary N) is 2. The highest BCUT2D eigenvalue weighted by atomic mass is 35.5. The number of aryl methyl sites for hydroxylation is 1. The van der Waals surface area contributed by atoms with Crippen molar-refractivity contribution in [2.75, 3.05) is 18.9 Å². The molecular weight excluding hydrogens is 547 g/mol. The van der Waals surface area contributed by atoms with Crippen LogP contribution in [-0.4, -0.2) is 61.5 Å². The normalized spacial score (nSPS) is 13.8. The van der Waals surface area contributed by atoms with Crippen molar-refractivity contribution in [3.63, 3.8) is 0 Å². The van der Waals surface area contributed by atoms with Crippen molar-refractivity contribution in [2.45, 2.75) is 51.7 Å². The number of halogens is 2. The summed E-state index contributed by atoms with van der Waals surface area (Å²) in [5.74, 6) is 0.694. The van der Waals surface area contributed by atoms with Crippen molar-refractivity contribution in [2.24, 2.45) is 0 Å². The quantitative estimate of drug-likeness (QED) is 0.240. The average Bonchev–Trinajstić information content (AvgIpc) is 3.32. The molecule has 4 aromatic rings. The number of likely N-dealkylation sites (N-methyl/N-ethyl adjacent to an activating group) is 1. The summed E-state index contributed by atoms with van der Waals surface area (Å²) in [7, 11) is 1.95. The number of benzene rings is 2. The first-order valence-corrected chi connectivity index (χ1v) is 13.9. The Morgan fingerprint density at radius 2 is 2.02 bits per heavy atom. The highest BCUT2D eigenvalue weighted by molar-refractivity contribution is 6.31. The Labute approximate surface area is 242 Å². The first kappa shape index (κ1) is 28.5. The van der Waals surface area contributed by atoms with E-state index in [1.165, 1.54) is 6.07 Å². The van der Waals surface area contributed by atoms with Gasteiger partial charge >= 0.3 is 6.09 Å². The van der Waals surface area contributed by atoms with Crippen LogP contribution in [0.15, 0.2) is 48.7 Å². The number of amides is 2. The van der Waals surface area contributed by atoms with E-state index in [4.69, 9.17) is 16.7 Å². The van der Waals surface area contributed by atoms with Crippen molar-refractivity contribution >= 4 is 40.2 Å². The Kier molecular flexibility index (Phi) is 8.51. The van der Waals surface area contributed by atoms with Crippen LogP contribution < -0.4 is 5.32 Å². The Balaban J connectivity index is 1.38. The summed E-state index contributed by atoms with van der Waals surface area (Å²) in [5, 5.41) is 13.3. The number of carbonyl (C=O) groups excluding carboxylic acids is 1. The van der Waals surface area contributed by atoms with Crippen molar-refractivity contribution in [1.29, 1.82) is 0 Å². The summed E-state index contributed by atoms with van der Waals surface area (Å²) in [4.78, 5) is 40.5. The lowest BCUT2D eigenvalue weighted by molar-refractivity contribution is -0.132. The second kappa shape index (κ2) is 12.2. The molecule has 5 rings (SSSR count). The number of imidazole rings is 1. The van der Waals surface area contributed by atoms with Crippen molar-refractivity contribution in [3.05, 3.63) is 87.8 Å². The van der Waals surface area contributed by atoms with Gasteiger partial charge in [0, 0.05) is 43.6 Å². The molecule has 0 bridgehead atoms. The SMILES string of the molecule is Cc1nc2c([nH]1)CN(C(=O)CCC(Cc1cccc3cnc(NC(=O)O)cc13)N(C)Cc1cccc(F)c1Cl)CC2. The minimum atomic E-state index is -1.19. The summed E-state index contributed by atoms with van der Waals surface area (Å²) in [6, 6.07) is 12.3. The summed E-state index contributed by atoms with van der Waals surface area (Å²) in [6.07, 6.45) is 2.66. The van der Waals surface area contributed by atoms with Gasteiger partial charge in [0.1, 0.15) is 17.5 Å². The molecule has 9 nitrogen and oxygen atoms in total. The molecule has 214 valence electrons. The van der Waals surface area contributed by atoms with Crippen LogP contribution in [0.2, 0.25) is 5.02 Å². The topological polar surface area (TPSA) is 114 Å². The van der Waals surface area contributed by atoms with Gasteiger partial charge in [0.25, 0.3) is 0 Å². The third-order valence-corrected chi connectivity index (χ3v) is 8.04. The van der Waals surface area contributed by atoms with Crippen molar-refractivity contribution < 1.29 is 19.1 Å². The van der Waals surface area contributed by atoms with E-state index in [2.05, 4.69) is 25.2 Å².